The van der Waals surface area contributed by atoms with Gasteiger partial charge in [0.1, 0.15) is 6.10 Å². The Morgan fingerprint density at radius 3 is 1.47 bits per heavy atom. The van der Waals surface area contributed by atoms with Gasteiger partial charge in [0.25, 0.3) is 0 Å². The smallest absolute Gasteiger partial charge is 0.306 e. The van der Waals surface area contributed by atoms with Crippen molar-refractivity contribution < 1.29 is 24.5 Å². The van der Waals surface area contributed by atoms with Crippen LogP contribution >= 0.6 is 0 Å². The number of unbranched alkanes of at least 4 members (excludes halogenated alkanes) is 26. The second-order valence-electron chi connectivity index (χ2n) is 15.5. The van der Waals surface area contributed by atoms with Gasteiger partial charge in [0, 0.05) is 6.42 Å². The lowest BCUT2D eigenvalue weighted by Gasteiger charge is -2.24. The molecule has 0 aromatic carbocycles. The molecule has 0 aliphatic carbocycles. The highest BCUT2D eigenvalue weighted by molar-refractivity contribution is 5.77. The SMILES string of the molecule is CCC/C=C\CCCCCC(CC(=O)NC(CO)C(O)CCCCCCCCCCCCCCCC)OC(=O)CCCCCCCCCCCC. The molecule has 0 saturated heterocycles. The second kappa shape index (κ2) is 39.8. The van der Waals surface area contributed by atoms with Crippen molar-refractivity contribution in [2.24, 2.45) is 0 Å². The summed E-state index contributed by atoms with van der Waals surface area (Å²) >= 11 is 0. The molecule has 0 spiro atoms. The van der Waals surface area contributed by atoms with E-state index in [1.807, 2.05) is 0 Å². The maximum Gasteiger partial charge on any atom is 0.306 e. The number of nitrogens with one attached hydrogen (secondary N) is 1. The van der Waals surface area contributed by atoms with Gasteiger partial charge in [0.15, 0.2) is 0 Å². The zero-order valence-electron chi connectivity index (χ0n) is 34.3. The number of carbonyl (C=O) groups excluding carboxylic acids is 2. The fourth-order valence-electron chi connectivity index (χ4n) is 6.90. The minimum Gasteiger partial charge on any atom is -0.462 e. The van der Waals surface area contributed by atoms with Gasteiger partial charge >= 0.3 is 5.97 Å². The van der Waals surface area contributed by atoms with E-state index in [4.69, 9.17) is 4.74 Å². The Hall–Kier alpha value is -1.40. The van der Waals surface area contributed by atoms with E-state index >= 15 is 0 Å². The first-order valence-electron chi connectivity index (χ1n) is 22.4. The van der Waals surface area contributed by atoms with E-state index in [1.165, 1.54) is 128 Å². The van der Waals surface area contributed by atoms with Crippen LogP contribution in [0, 0.1) is 0 Å². The summed E-state index contributed by atoms with van der Waals surface area (Å²) in [5.41, 5.74) is 0. The molecule has 0 rings (SSSR count). The third-order valence-electron chi connectivity index (χ3n) is 10.3. The third-order valence-corrected chi connectivity index (χ3v) is 10.3. The lowest BCUT2D eigenvalue weighted by molar-refractivity contribution is -0.151. The molecule has 0 fully saturated rings. The summed E-state index contributed by atoms with van der Waals surface area (Å²) < 4.78 is 5.86. The quantitative estimate of drug-likeness (QED) is 0.0332. The predicted octanol–water partition coefficient (Wildman–Crippen LogP) is 12.6. The molecule has 0 aliphatic rings. The number of carbonyl (C=O) groups is 2. The van der Waals surface area contributed by atoms with Crippen LogP contribution in [0.25, 0.3) is 0 Å². The average molecular weight is 722 g/mol. The number of hydrogen-bond acceptors (Lipinski definition) is 5. The van der Waals surface area contributed by atoms with E-state index in [-0.39, 0.29) is 24.9 Å². The molecule has 3 N–H and O–H groups in total. The molecule has 0 aromatic rings. The molecule has 0 saturated carbocycles. The highest BCUT2D eigenvalue weighted by Gasteiger charge is 2.24. The first kappa shape index (κ1) is 49.6. The van der Waals surface area contributed by atoms with Crippen LogP contribution in [0.3, 0.4) is 0 Å². The first-order valence-corrected chi connectivity index (χ1v) is 22.4. The Bertz CT molecular complexity index is 772. The molecular formula is C45H87NO5. The molecule has 0 aromatic heterocycles. The van der Waals surface area contributed by atoms with Gasteiger partial charge in [-0.05, 0) is 44.9 Å². The molecular weight excluding hydrogens is 634 g/mol. The Labute approximate surface area is 317 Å². The lowest BCUT2D eigenvalue weighted by atomic mass is 10.0. The van der Waals surface area contributed by atoms with Crippen LogP contribution in [0.1, 0.15) is 239 Å². The Morgan fingerprint density at radius 1 is 0.549 bits per heavy atom. The van der Waals surface area contributed by atoms with Crippen LogP contribution in [-0.2, 0) is 14.3 Å². The second-order valence-corrected chi connectivity index (χ2v) is 15.5. The predicted molar refractivity (Wildman–Crippen MR) is 218 cm³/mol. The topological polar surface area (TPSA) is 95.9 Å². The maximum atomic E-state index is 13.1. The molecule has 51 heavy (non-hydrogen) atoms. The number of rotatable bonds is 40. The summed E-state index contributed by atoms with van der Waals surface area (Å²) in [6, 6.07) is -0.697. The van der Waals surface area contributed by atoms with Crippen molar-refractivity contribution in [1.29, 1.82) is 0 Å². The number of ether oxygens (including phenoxy) is 1. The van der Waals surface area contributed by atoms with Crippen molar-refractivity contribution in [1.82, 2.24) is 5.32 Å². The van der Waals surface area contributed by atoms with Gasteiger partial charge in [-0.15, -0.1) is 0 Å². The first-order chi connectivity index (χ1) is 25.0. The van der Waals surface area contributed by atoms with Crippen LogP contribution in [0.4, 0.5) is 0 Å². The van der Waals surface area contributed by atoms with E-state index in [0.29, 0.717) is 19.3 Å². The highest BCUT2D eigenvalue weighted by atomic mass is 16.5. The largest absolute Gasteiger partial charge is 0.462 e. The number of hydrogen-bond donors (Lipinski definition) is 3. The van der Waals surface area contributed by atoms with Crippen LogP contribution < -0.4 is 5.32 Å². The van der Waals surface area contributed by atoms with Gasteiger partial charge < -0.3 is 20.3 Å². The molecule has 0 radical (unpaired) electrons. The van der Waals surface area contributed by atoms with Gasteiger partial charge in [-0.1, -0.05) is 193 Å². The van der Waals surface area contributed by atoms with Crippen LogP contribution in [0.15, 0.2) is 12.2 Å². The molecule has 6 heteroatoms. The molecule has 1 amide bonds. The van der Waals surface area contributed by atoms with Crippen LogP contribution in [-0.4, -0.2) is 46.9 Å². The fraction of sp³-hybridized carbons (Fsp3) is 0.911. The molecule has 0 bridgehead atoms. The van der Waals surface area contributed by atoms with Crippen molar-refractivity contribution in [2.75, 3.05) is 6.61 Å². The van der Waals surface area contributed by atoms with E-state index in [1.54, 1.807) is 0 Å². The maximum absolute atomic E-state index is 13.1. The molecule has 3 unspecified atom stereocenters. The zero-order valence-corrected chi connectivity index (χ0v) is 34.3. The van der Waals surface area contributed by atoms with Crippen molar-refractivity contribution in [3.63, 3.8) is 0 Å². The summed E-state index contributed by atoms with van der Waals surface area (Å²) in [5.74, 6) is -0.486. The molecule has 0 heterocycles. The molecule has 0 aliphatic heterocycles. The van der Waals surface area contributed by atoms with Crippen molar-refractivity contribution in [3.05, 3.63) is 12.2 Å². The number of amides is 1. The van der Waals surface area contributed by atoms with E-state index in [2.05, 4.69) is 38.2 Å². The molecule has 6 nitrogen and oxygen atoms in total. The monoisotopic (exact) mass is 722 g/mol. The molecule has 3 atom stereocenters. The van der Waals surface area contributed by atoms with E-state index in [9.17, 15) is 19.8 Å². The lowest BCUT2D eigenvalue weighted by Crippen LogP contribution is -2.46. The summed E-state index contributed by atoms with van der Waals surface area (Å²) in [7, 11) is 0. The Morgan fingerprint density at radius 2 is 0.980 bits per heavy atom. The number of allylic oxidation sites excluding steroid dienone is 2. The molecule has 302 valence electrons. The van der Waals surface area contributed by atoms with Gasteiger partial charge in [-0.25, -0.2) is 0 Å². The normalized spacial score (nSPS) is 13.4. The number of aliphatic hydroxyl groups excluding tert-OH is 2. The van der Waals surface area contributed by atoms with E-state index < -0.39 is 18.2 Å². The third kappa shape index (κ3) is 35.4. The minimum atomic E-state index is -0.783. The van der Waals surface area contributed by atoms with Gasteiger partial charge in [-0.2, -0.15) is 0 Å². The number of aliphatic hydroxyl groups is 2. The van der Waals surface area contributed by atoms with E-state index in [0.717, 1.165) is 64.2 Å². The van der Waals surface area contributed by atoms with Crippen molar-refractivity contribution in [3.8, 4) is 0 Å². The average Bonchev–Trinajstić information content (AvgIpc) is 3.12. The Balaban J connectivity index is 4.45. The van der Waals surface area contributed by atoms with Gasteiger partial charge in [-0.3, -0.25) is 9.59 Å². The minimum absolute atomic E-state index is 0.0717. The summed E-state index contributed by atoms with van der Waals surface area (Å²) in [6.07, 6.45) is 41.4. The summed E-state index contributed by atoms with van der Waals surface area (Å²) in [4.78, 5) is 25.8. The van der Waals surface area contributed by atoms with Crippen molar-refractivity contribution in [2.45, 2.75) is 257 Å². The highest BCUT2D eigenvalue weighted by Crippen LogP contribution is 2.17. The van der Waals surface area contributed by atoms with Crippen LogP contribution in [0.2, 0.25) is 0 Å². The van der Waals surface area contributed by atoms with Crippen LogP contribution in [0.5, 0.6) is 0 Å². The standard InChI is InChI=1S/C45H87NO5/c1-4-7-10-13-16-19-21-22-23-24-25-28-31-34-37-43(48)42(40-47)46-44(49)39-41(36-33-30-27-18-15-12-9-6-3)51-45(50)38-35-32-29-26-20-17-14-11-8-5-2/h12,15,41-43,47-48H,4-11,13-14,16-40H2,1-3H3,(H,46,49)/b15-12-. The summed E-state index contributed by atoms with van der Waals surface area (Å²) in [6.45, 7) is 6.39. The zero-order chi connectivity index (χ0) is 37.5. The summed E-state index contributed by atoms with van der Waals surface area (Å²) in [5, 5.41) is 23.6. The fourth-order valence-corrected chi connectivity index (χ4v) is 6.90. The van der Waals surface area contributed by atoms with Gasteiger partial charge in [0.2, 0.25) is 5.91 Å². The Kier molecular flexibility index (Phi) is 38.7. The van der Waals surface area contributed by atoms with Crippen molar-refractivity contribution >= 4 is 11.9 Å². The van der Waals surface area contributed by atoms with Gasteiger partial charge in [0.05, 0.1) is 25.2 Å². The number of esters is 1.